The monoisotopic (exact) mass is 233 g/mol. The van der Waals surface area contributed by atoms with Crippen LogP contribution in [0.1, 0.15) is 31.9 Å². The lowest BCUT2D eigenvalue weighted by atomic mass is 10.0. The Morgan fingerprint density at radius 1 is 1.47 bits per heavy atom. The van der Waals surface area contributed by atoms with Crippen LogP contribution < -0.4 is 5.32 Å². The second-order valence-electron chi connectivity index (χ2n) is 4.84. The van der Waals surface area contributed by atoms with E-state index >= 15 is 0 Å². The Hall–Kier alpha value is -1.09. The average molecular weight is 233 g/mol. The largest absolute Gasteiger partial charge is 0.383 e. The smallest absolute Gasteiger partial charge is 0.0393 e. The molecule has 3 nitrogen and oxygen atoms in total. The maximum Gasteiger partial charge on any atom is 0.0393 e. The van der Waals surface area contributed by atoms with E-state index in [1.807, 2.05) is 19.2 Å². The third-order valence-electron chi connectivity index (χ3n) is 3.59. The summed E-state index contributed by atoms with van der Waals surface area (Å²) in [6.07, 6.45) is 5.93. The summed E-state index contributed by atoms with van der Waals surface area (Å²) in [7, 11) is 0. The zero-order valence-electron chi connectivity index (χ0n) is 10.9. The van der Waals surface area contributed by atoms with E-state index in [9.17, 15) is 0 Å². The minimum absolute atomic E-state index is 0.697. The first-order valence-electron chi connectivity index (χ1n) is 6.70. The molecule has 0 amide bonds. The Balaban J connectivity index is 1.88. The summed E-state index contributed by atoms with van der Waals surface area (Å²) >= 11 is 0. The maximum absolute atomic E-state index is 4.22. The van der Waals surface area contributed by atoms with Gasteiger partial charge in [0.2, 0.25) is 0 Å². The lowest BCUT2D eigenvalue weighted by Crippen LogP contribution is -2.43. The molecule has 0 spiro atoms. The molecule has 17 heavy (non-hydrogen) atoms. The van der Waals surface area contributed by atoms with E-state index in [1.54, 1.807) is 0 Å². The molecule has 1 fully saturated rings. The fourth-order valence-electron chi connectivity index (χ4n) is 2.60. The van der Waals surface area contributed by atoms with Crippen molar-refractivity contribution in [2.24, 2.45) is 0 Å². The molecule has 1 aliphatic rings. The first-order valence-corrected chi connectivity index (χ1v) is 6.70. The zero-order chi connectivity index (χ0) is 12.1. The molecule has 0 bridgehead atoms. The van der Waals surface area contributed by atoms with Gasteiger partial charge in [-0.15, -0.1) is 0 Å². The van der Waals surface area contributed by atoms with Crippen molar-refractivity contribution < 1.29 is 0 Å². The van der Waals surface area contributed by atoms with Crippen molar-refractivity contribution in [2.45, 2.75) is 39.2 Å². The molecular weight excluding hydrogens is 210 g/mol. The number of likely N-dealkylation sites (tertiary alicyclic amines) is 1. The van der Waals surface area contributed by atoms with Gasteiger partial charge in [-0.3, -0.25) is 9.88 Å². The lowest BCUT2D eigenvalue weighted by molar-refractivity contribution is 0.164. The van der Waals surface area contributed by atoms with Gasteiger partial charge in [-0.05, 0) is 45.0 Å². The molecule has 1 aliphatic heterocycles. The van der Waals surface area contributed by atoms with Gasteiger partial charge in [-0.2, -0.15) is 0 Å². The summed E-state index contributed by atoms with van der Waals surface area (Å²) in [6.45, 7) is 7.77. The Kier molecular flexibility index (Phi) is 4.37. The standard InChI is InChI=1S/C14H23N3/c1-3-17-9-5-4-6-14(17)11-16-13-7-8-15-12(2)10-13/h7-8,10,14H,3-6,9,11H2,1-2H3,(H,15,16). The predicted octanol–water partition coefficient (Wildman–Crippen LogP) is 2.68. The molecule has 1 atom stereocenters. The third kappa shape index (κ3) is 3.43. The van der Waals surface area contributed by atoms with Crippen molar-refractivity contribution in [3.63, 3.8) is 0 Å². The number of hydrogen-bond donors (Lipinski definition) is 1. The number of aromatic nitrogens is 1. The molecule has 3 heteroatoms. The highest BCUT2D eigenvalue weighted by Gasteiger charge is 2.20. The lowest BCUT2D eigenvalue weighted by Gasteiger charge is -2.35. The molecule has 1 aromatic heterocycles. The maximum atomic E-state index is 4.22. The summed E-state index contributed by atoms with van der Waals surface area (Å²) in [5, 5.41) is 3.54. The number of anilines is 1. The molecule has 0 aromatic carbocycles. The number of rotatable bonds is 4. The van der Waals surface area contributed by atoms with Crippen LogP contribution in [0.5, 0.6) is 0 Å². The van der Waals surface area contributed by atoms with Gasteiger partial charge in [0, 0.05) is 30.2 Å². The van der Waals surface area contributed by atoms with Crippen molar-refractivity contribution in [3.05, 3.63) is 24.0 Å². The number of piperidine rings is 1. The first kappa shape index (κ1) is 12.4. The summed E-state index contributed by atoms with van der Waals surface area (Å²) < 4.78 is 0. The second kappa shape index (κ2) is 6.01. The topological polar surface area (TPSA) is 28.2 Å². The molecule has 94 valence electrons. The van der Waals surface area contributed by atoms with Gasteiger partial charge in [0.05, 0.1) is 0 Å². The van der Waals surface area contributed by atoms with Gasteiger partial charge in [0.25, 0.3) is 0 Å². The molecule has 2 rings (SSSR count). The second-order valence-corrected chi connectivity index (χ2v) is 4.84. The quantitative estimate of drug-likeness (QED) is 0.866. The minimum Gasteiger partial charge on any atom is -0.383 e. The molecule has 0 aliphatic carbocycles. The van der Waals surface area contributed by atoms with E-state index < -0.39 is 0 Å². The van der Waals surface area contributed by atoms with Crippen LogP contribution in [0.4, 0.5) is 5.69 Å². The van der Waals surface area contributed by atoms with Gasteiger partial charge in [-0.25, -0.2) is 0 Å². The van der Waals surface area contributed by atoms with E-state index in [2.05, 4.69) is 28.2 Å². The molecule has 1 unspecified atom stereocenters. The summed E-state index contributed by atoms with van der Waals surface area (Å²) in [6, 6.07) is 4.85. The van der Waals surface area contributed by atoms with Crippen molar-refractivity contribution in [3.8, 4) is 0 Å². The number of hydrogen-bond acceptors (Lipinski definition) is 3. The Bertz CT molecular complexity index is 351. The zero-order valence-corrected chi connectivity index (χ0v) is 10.9. The van der Waals surface area contributed by atoms with E-state index in [0.717, 1.165) is 12.2 Å². The highest BCUT2D eigenvalue weighted by Crippen LogP contribution is 2.17. The van der Waals surface area contributed by atoms with Crippen LogP contribution in [0.3, 0.4) is 0 Å². The number of aryl methyl sites for hydroxylation is 1. The number of nitrogens with zero attached hydrogens (tertiary/aromatic N) is 2. The molecule has 1 N–H and O–H groups in total. The fraction of sp³-hybridized carbons (Fsp3) is 0.643. The van der Waals surface area contributed by atoms with Crippen LogP contribution in [0.25, 0.3) is 0 Å². The van der Waals surface area contributed by atoms with Gasteiger partial charge in [-0.1, -0.05) is 13.3 Å². The highest BCUT2D eigenvalue weighted by molar-refractivity contribution is 5.43. The number of pyridine rings is 1. The summed E-state index contributed by atoms with van der Waals surface area (Å²) in [4.78, 5) is 6.80. The molecule has 1 aromatic rings. The number of likely N-dealkylation sites (N-methyl/N-ethyl adjacent to an activating group) is 1. The minimum atomic E-state index is 0.697. The van der Waals surface area contributed by atoms with Crippen LogP contribution >= 0.6 is 0 Å². The Morgan fingerprint density at radius 2 is 2.35 bits per heavy atom. The van der Waals surface area contributed by atoms with E-state index in [-0.39, 0.29) is 0 Å². The first-order chi connectivity index (χ1) is 8.29. The summed E-state index contributed by atoms with van der Waals surface area (Å²) in [5.74, 6) is 0. The van der Waals surface area contributed by atoms with Crippen LogP contribution in [0.15, 0.2) is 18.3 Å². The van der Waals surface area contributed by atoms with Crippen LogP contribution in [0, 0.1) is 6.92 Å². The molecule has 2 heterocycles. The molecule has 0 saturated carbocycles. The van der Waals surface area contributed by atoms with Crippen LogP contribution in [-0.2, 0) is 0 Å². The molecular formula is C14H23N3. The van der Waals surface area contributed by atoms with Crippen molar-refractivity contribution in [1.82, 2.24) is 9.88 Å². The fourth-order valence-corrected chi connectivity index (χ4v) is 2.60. The Labute approximate surface area is 104 Å². The van der Waals surface area contributed by atoms with Crippen LogP contribution in [0.2, 0.25) is 0 Å². The normalized spacial score (nSPS) is 21.4. The van der Waals surface area contributed by atoms with E-state index in [4.69, 9.17) is 0 Å². The van der Waals surface area contributed by atoms with E-state index in [0.29, 0.717) is 6.04 Å². The van der Waals surface area contributed by atoms with Gasteiger partial charge in [0.15, 0.2) is 0 Å². The third-order valence-corrected chi connectivity index (χ3v) is 3.59. The van der Waals surface area contributed by atoms with E-state index in [1.165, 1.54) is 38.0 Å². The van der Waals surface area contributed by atoms with Gasteiger partial charge in [0.1, 0.15) is 0 Å². The van der Waals surface area contributed by atoms with Crippen LogP contribution in [-0.4, -0.2) is 35.6 Å². The Morgan fingerprint density at radius 3 is 3.12 bits per heavy atom. The molecule has 0 radical (unpaired) electrons. The van der Waals surface area contributed by atoms with Gasteiger partial charge >= 0.3 is 0 Å². The predicted molar refractivity (Wildman–Crippen MR) is 72.3 cm³/mol. The highest BCUT2D eigenvalue weighted by atomic mass is 15.2. The van der Waals surface area contributed by atoms with Crippen molar-refractivity contribution in [1.29, 1.82) is 0 Å². The van der Waals surface area contributed by atoms with Crippen molar-refractivity contribution >= 4 is 5.69 Å². The molecule has 1 saturated heterocycles. The average Bonchev–Trinajstić information content (AvgIpc) is 2.37. The summed E-state index contributed by atoms with van der Waals surface area (Å²) in [5.41, 5.74) is 2.27. The SMILES string of the molecule is CCN1CCCCC1CNc1ccnc(C)c1. The van der Waals surface area contributed by atoms with Crippen molar-refractivity contribution in [2.75, 3.05) is 25.0 Å². The number of nitrogens with one attached hydrogen (secondary N) is 1. The van der Waals surface area contributed by atoms with Gasteiger partial charge < -0.3 is 5.32 Å².